The van der Waals surface area contributed by atoms with E-state index in [4.69, 9.17) is 4.74 Å². The van der Waals surface area contributed by atoms with Crippen LogP contribution >= 0.6 is 0 Å². The van der Waals surface area contributed by atoms with Crippen LogP contribution in [0.15, 0.2) is 72.9 Å². The first-order valence-corrected chi connectivity index (χ1v) is 23.7. The summed E-state index contributed by atoms with van der Waals surface area (Å²) >= 11 is 0. The third-order valence-corrected chi connectivity index (χ3v) is 10.4. The minimum Gasteiger partial charge on any atom is -0.462 e. The number of rotatable bonds is 41. The quantitative estimate of drug-likeness (QED) is 0.0248. The molecule has 3 atom stereocenters. The van der Waals surface area contributed by atoms with E-state index in [1.54, 1.807) is 0 Å². The molecule has 0 aromatic rings. The zero-order valence-corrected chi connectivity index (χ0v) is 37.2. The first-order chi connectivity index (χ1) is 28.0. The highest BCUT2D eigenvalue weighted by atomic mass is 16.5. The Kier molecular flexibility index (Phi) is 42.3. The van der Waals surface area contributed by atoms with Gasteiger partial charge in [-0.3, -0.25) is 9.59 Å². The number of nitrogens with one attached hydrogen (secondary N) is 1. The predicted octanol–water partition coefficient (Wildman–Crippen LogP) is 13.8. The molecule has 0 radical (unpaired) electrons. The first kappa shape index (κ1) is 54.3. The first-order valence-electron chi connectivity index (χ1n) is 23.7. The van der Waals surface area contributed by atoms with Gasteiger partial charge in [-0.25, -0.2) is 0 Å². The minimum atomic E-state index is -0.809. The highest BCUT2D eigenvalue weighted by molar-refractivity contribution is 5.77. The molecule has 328 valence electrons. The second kappa shape index (κ2) is 44.4. The van der Waals surface area contributed by atoms with Crippen LogP contribution in [0.3, 0.4) is 0 Å². The van der Waals surface area contributed by atoms with E-state index in [0.29, 0.717) is 19.3 Å². The number of unbranched alkanes of at least 4 members (excludes halogenated alkanes) is 21. The summed E-state index contributed by atoms with van der Waals surface area (Å²) in [5.74, 6) is -0.562. The van der Waals surface area contributed by atoms with Crippen molar-refractivity contribution in [2.24, 2.45) is 0 Å². The Morgan fingerprint density at radius 1 is 0.526 bits per heavy atom. The normalized spacial score (nSPS) is 14.0. The second-order valence-electron chi connectivity index (χ2n) is 15.9. The largest absolute Gasteiger partial charge is 0.462 e. The fourth-order valence-corrected chi connectivity index (χ4v) is 6.79. The zero-order valence-electron chi connectivity index (χ0n) is 37.2. The van der Waals surface area contributed by atoms with E-state index in [1.807, 2.05) is 48.6 Å². The summed E-state index contributed by atoms with van der Waals surface area (Å²) in [5.41, 5.74) is 0. The number of aliphatic hydroxyl groups is 2. The van der Waals surface area contributed by atoms with Crippen molar-refractivity contribution in [3.05, 3.63) is 72.9 Å². The Morgan fingerprint density at radius 2 is 1.00 bits per heavy atom. The van der Waals surface area contributed by atoms with Crippen molar-refractivity contribution in [3.63, 3.8) is 0 Å². The molecule has 0 aliphatic rings. The van der Waals surface area contributed by atoms with E-state index >= 15 is 0 Å². The molecule has 3 N–H and O–H groups in total. The Hall–Kier alpha value is -2.70. The highest BCUT2D eigenvalue weighted by Crippen LogP contribution is 2.17. The fraction of sp³-hybridized carbons (Fsp3) is 0.725. The lowest BCUT2D eigenvalue weighted by atomic mass is 10.0. The van der Waals surface area contributed by atoms with E-state index in [1.165, 1.54) is 103 Å². The summed E-state index contributed by atoms with van der Waals surface area (Å²) in [7, 11) is 0. The molecule has 1 amide bonds. The highest BCUT2D eigenvalue weighted by Gasteiger charge is 2.24. The van der Waals surface area contributed by atoms with Crippen molar-refractivity contribution in [3.8, 4) is 0 Å². The zero-order chi connectivity index (χ0) is 41.7. The number of allylic oxidation sites excluding steroid dienone is 12. The molecule has 0 saturated heterocycles. The Morgan fingerprint density at radius 3 is 1.56 bits per heavy atom. The van der Waals surface area contributed by atoms with Gasteiger partial charge in [0.2, 0.25) is 5.91 Å². The van der Waals surface area contributed by atoms with Gasteiger partial charge >= 0.3 is 5.97 Å². The lowest BCUT2D eigenvalue weighted by Gasteiger charge is -2.24. The molecule has 6 nitrogen and oxygen atoms in total. The number of esters is 1. The van der Waals surface area contributed by atoms with Crippen LogP contribution in [0, 0.1) is 0 Å². The maximum Gasteiger partial charge on any atom is 0.306 e. The maximum atomic E-state index is 13.1. The van der Waals surface area contributed by atoms with Crippen LogP contribution in [-0.2, 0) is 14.3 Å². The standard InChI is InChI=1S/C51H89NO5/c1-4-7-10-13-16-19-22-24-26-29-31-34-37-40-43-49(54)48(46-53)52-50(55)45-47(42-39-36-33-30-28-25-23-20-17-14-11-8-5-2)57-51(56)44-41-38-35-32-27-21-18-15-12-9-6-3/h8,11,14-15,17-18,20,23,25,28,30,33,47-49,53-54H,4-7,9-10,12-13,16,19,21-22,24,26-27,29,31-32,34-46H2,1-3H3,(H,52,55)/b11-8+,17-14+,18-15-,23-20-,28-25-,33-30+. The van der Waals surface area contributed by atoms with Gasteiger partial charge in [-0.15, -0.1) is 0 Å². The van der Waals surface area contributed by atoms with Crippen LogP contribution in [0.1, 0.15) is 213 Å². The van der Waals surface area contributed by atoms with Gasteiger partial charge in [0.05, 0.1) is 25.2 Å². The number of amides is 1. The van der Waals surface area contributed by atoms with E-state index in [-0.39, 0.29) is 24.9 Å². The molecule has 0 aliphatic carbocycles. The van der Waals surface area contributed by atoms with Crippen molar-refractivity contribution < 1.29 is 24.5 Å². The van der Waals surface area contributed by atoms with Crippen LogP contribution < -0.4 is 5.32 Å². The molecule has 0 aliphatic heterocycles. The lowest BCUT2D eigenvalue weighted by Crippen LogP contribution is -2.46. The molecule has 0 aromatic heterocycles. The summed E-state index contributed by atoms with van der Waals surface area (Å²) < 4.78 is 5.86. The van der Waals surface area contributed by atoms with Gasteiger partial charge in [0.25, 0.3) is 0 Å². The molecule has 3 unspecified atom stereocenters. The molecule has 0 heterocycles. The van der Waals surface area contributed by atoms with Crippen molar-refractivity contribution in [1.82, 2.24) is 5.32 Å². The van der Waals surface area contributed by atoms with Gasteiger partial charge in [0.15, 0.2) is 0 Å². The molecule has 0 fully saturated rings. The van der Waals surface area contributed by atoms with E-state index < -0.39 is 18.2 Å². The Labute approximate surface area is 351 Å². The molecule has 0 saturated carbocycles. The third kappa shape index (κ3) is 39.9. The van der Waals surface area contributed by atoms with Crippen molar-refractivity contribution >= 4 is 11.9 Å². The second-order valence-corrected chi connectivity index (χ2v) is 15.9. The summed E-state index contributed by atoms with van der Waals surface area (Å²) in [6.07, 6.45) is 55.3. The lowest BCUT2D eigenvalue weighted by molar-refractivity contribution is -0.151. The van der Waals surface area contributed by atoms with Crippen molar-refractivity contribution in [2.45, 2.75) is 232 Å². The topological polar surface area (TPSA) is 95.9 Å². The van der Waals surface area contributed by atoms with Crippen LogP contribution in [0.2, 0.25) is 0 Å². The SMILES string of the molecule is CC/C=C/C=C/C=C\C=C/C=C/CCCC(CC(=O)NC(CO)C(O)CCCCCCCCCCCCCCCC)OC(=O)CCCCCCC/C=C\CCCC. The molecule has 6 heteroatoms. The van der Waals surface area contributed by atoms with Gasteiger partial charge in [0, 0.05) is 6.42 Å². The van der Waals surface area contributed by atoms with E-state index in [0.717, 1.165) is 64.2 Å². The summed E-state index contributed by atoms with van der Waals surface area (Å²) in [5, 5.41) is 23.7. The molecule has 57 heavy (non-hydrogen) atoms. The van der Waals surface area contributed by atoms with Crippen molar-refractivity contribution in [1.29, 1.82) is 0 Å². The molecular formula is C51H89NO5. The number of carbonyl (C=O) groups excluding carboxylic acids is 2. The molecular weight excluding hydrogens is 707 g/mol. The minimum absolute atomic E-state index is 0.0228. The van der Waals surface area contributed by atoms with Crippen LogP contribution in [0.5, 0.6) is 0 Å². The average Bonchev–Trinajstić information content (AvgIpc) is 3.20. The Balaban J connectivity index is 4.69. The van der Waals surface area contributed by atoms with Gasteiger partial charge in [-0.1, -0.05) is 216 Å². The molecule has 0 spiro atoms. The summed E-state index contributed by atoms with van der Waals surface area (Å²) in [6.45, 7) is 6.26. The smallest absolute Gasteiger partial charge is 0.306 e. The summed E-state index contributed by atoms with van der Waals surface area (Å²) in [6, 6.07) is -0.727. The van der Waals surface area contributed by atoms with E-state index in [2.05, 4.69) is 50.4 Å². The van der Waals surface area contributed by atoms with Crippen LogP contribution in [0.4, 0.5) is 0 Å². The van der Waals surface area contributed by atoms with Gasteiger partial charge in [-0.05, 0) is 57.8 Å². The molecule has 0 rings (SSSR count). The number of ether oxygens (including phenoxy) is 1. The number of hydrogen-bond acceptors (Lipinski definition) is 5. The van der Waals surface area contributed by atoms with E-state index in [9.17, 15) is 19.8 Å². The van der Waals surface area contributed by atoms with Crippen LogP contribution in [0.25, 0.3) is 0 Å². The predicted molar refractivity (Wildman–Crippen MR) is 245 cm³/mol. The summed E-state index contributed by atoms with van der Waals surface area (Å²) in [4.78, 5) is 26.0. The third-order valence-electron chi connectivity index (χ3n) is 10.4. The molecule has 0 bridgehead atoms. The Bertz CT molecular complexity index is 1070. The average molecular weight is 796 g/mol. The van der Waals surface area contributed by atoms with Gasteiger partial charge < -0.3 is 20.3 Å². The van der Waals surface area contributed by atoms with Gasteiger partial charge in [0.1, 0.15) is 6.10 Å². The molecule has 0 aromatic carbocycles. The monoisotopic (exact) mass is 796 g/mol. The maximum absolute atomic E-state index is 13.1. The number of aliphatic hydroxyl groups excluding tert-OH is 2. The van der Waals surface area contributed by atoms with Crippen molar-refractivity contribution in [2.75, 3.05) is 6.61 Å². The fourth-order valence-electron chi connectivity index (χ4n) is 6.79. The van der Waals surface area contributed by atoms with Crippen LogP contribution in [-0.4, -0.2) is 46.9 Å². The number of hydrogen-bond donors (Lipinski definition) is 3. The van der Waals surface area contributed by atoms with Gasteiger partial charge in [-0.2, -0.15) is 0 Å². The number of carbonyl (C=O) groups is 2.